The number of carbonyl (C=O) groups excluding carboxylic acids is 1. The average Bonchev–Trinajstić information content (AvgIpc) is 2.96. The summed E-state index contributed by atoms with van der Waals surface area (Å²) in [4.78, 5) is 12.4. The van der Waals surface area contributed by atoms with Crippen LogP contribution in [0.15, 0.2) is 24.4 Å². The number of H-pyrrole nitrogens is 1. The maximum atomic E-state index is 12.4. The Kier molecular flexibility index (Phi) is 4.92. The molecule has 0 fully saturated rings. The third-order valence-electron chi connectivity index (χ3n) is 3.91. The number of rotatable bonds is 3. The number of ether oxygens (including phenoxy) is 1. The van der Waals surface area contributed by atoms with Gasteiger partial charge in [-0.25, -0.2) is 0 Å². The molecule has 0 bridgehead atoms. The fourth-order valence-corrected chi connectivity index (χ4v) is 2.64. The molecule has 0 saturated heterocycles. The van der Waals surface area contributed by atoms with Crippen LogP contribution in [0.2, 0.25) is 0 Å². The lowest BCUT2D eigenvalue weighted by Crippen LogP contribution is -2.28. The summed E-state index contributed by atoms with van der Waals surface area (Å²) in [6, 6.07) is 5.22. The first-order valence-electron chi connectivity index (χ1n) is 6.93. The molecular weight excluding hydrogens is 304 g/mol. The number of nitrogens with two attached hydrogens (primary N) is 1. The molecule has 0 spiro atoms. The van der Waals surface area contributed by atoms with Crippen molar-refractivity contribution >= 4 is 29.7 Å². The molecule has 1 aromatic carbocycles. The topological polar surface area (TPSA) is 93.0 Å². The Labute approximate surface area is 134 Å². The van der Waals surface area contributed by atoms with Gasteiger partial charge < -0.3 is 15.8 Å². The molecule has 1 aromatic heterocycles. The van der Waals surface area contributed by atoms with Crippen LogP contribution in [-0.4, -0.2) is 23.2 Å². The van der Waals surface area contributed by atoms with Crippen LogP contribution in [-0.2, 0) is 17.6 Å². The van der Waals surface area contributed by atoms with Gasteiger partial charge in [-0.05, 0) is 30.5 Å². The number of benzene rings is 1. The molecule has 0 radical (unpaired) electrons. The Morgan fingerprint density at radius 3 is 3.09 bits per heavy atom. The lowest BCUT2D eigenvalue weighted by atomic mass is 9.87. The number of hydrogen-bond donors (Lipinski definition) is 3. The van der Waals surface area contributed by atoms with E-state index in [0.717, 1.165) is 18.5 Å². The standard InChI is InChI=1S/C15H18N4O2.ClH/c1-21-11-4-5-12(16)14(7-11)18-15(20)9-2-3-10-8-17-19-13(10)6-9;/h4-5,7-9H,2-3,6,16H2,1H3,(H,17,19)(H,18,20);1H. The predicted octanol–water partition coefficient (Wildman–Crippen LogP) is 2.17. The molecule has 0 saturated carbocycles. The predicted molar refractivity (Wildman–Crippen MR) is 87.4 cm³/mol. The molecule has 1 heterocycles. The summed E-state index contributed by atoms with van der Waals surface area (Å²) >= 11 is 0. The van der Waals surface area contributed by atoms with Crippen molar-refractivity contribution in [2.45, 2.75) is 19.3 Å². The van der Waals surface area contributed by atoms with Crippen molar-refractivity contribution in [1.29, 1.82) is 0 Å². The van der Waals surface area contributed by atoms with Gasteiger partial charge in [0.25, 0.3) is 0 Å². The smallest absolute Gasteiger partial charge is 0.227 e. The van der Waals surface area contributed by atoms with Gasteiger partial charge in [0, 0.05) is 24.1 Å². The highest BCUT2D eigenvalue weighted by Crippen LogP contribution is 2.28. The zero-order valence-corrected chi connectivity index (χ0v) is 13.1. The Balaban J connectivity index is 0.00000176. The number of amides is 1. The van der Waals surface area contributed by atoms with E-state index in [-0.39, 0.29) is 24.2 Å². The SMILES string of the molecule is COc1ccc(N)c(NC(=O)C2CCc3cn[nH]c3C2)c1.Cl. The normalized spacial score (nSPS) is 16.3. The van der Waals surface area contributed by atoms with Gasteiger partial charge in [-0.15, -0.1) is 12.4 Å². The fourth-order valence-electron chi connectivity index (χ4n) is 2.64. The van der Waals surface area contributed by atoms with Crippen molar-refractivity contribution in [3.63, 3.8) is 0 Å². The highest BCUT2D eigenvalue weighted by Gasteiger charge is 2.26. The Bertz CT molecular complexity index is 671. The van der Waals surface area contributed by atoms with Crippen LogP contribution in [0.5, 0.6) is 5.75 Å². The van der Waals surface area contributed by atoms with Crippen LogP contribution in [0, 0.1) is 5.92 Å². The summed E-state index contributed by atoms with van der Waals surface area (Å²) in [7, 11) is 1.58. The van der Waals surface area contributed by atoms with E-state index in [1.165, 1.54) is 5.56 Å². The molecule has 0 aliphatic heterocycles. The fraction of sp³-hybridized carbons (Fsp3) is 0.333. The van der Waals surface area contributed by atoms with Crippen LogP contribution >= 0.6 is 12.4 Å². The summed E-state index contributed by atoms with van der Waals surface area (Å²) in [5.41, 5.74) is 9.28. The number of methoxy groups -OCH3 is 1. The van der Waals surface area contributed by atoms with Crippen LogP contribution in [0.4, 0.5) is 11.4 Å². The minimum absolute atomic E-state index is 0. The molecule has 3 rings (SSSR count). The van der Waals surface area contributed by atoms with E-state index >= 15 is 0 Å². The molecule has 1 atom stereocenters. The number of fused-ring (bicyclic) bond motifs is 1. The number of nitrogens with zero attached hydrogens (tertiary/aromatic N) is 1. The van der Waals surface area contributed by atoms with Crippen molar-refractivity contribution in [2.24, 2.45) is 5.92 Å². The average molecular weight is 323 g/mol. The number of aromatic amines is 1. The summed E-state index contributed by atoms with van der Waals surface area (Å²) in [5, 5.41) is 9.89. The lowest BCUT2D eigenvalue weighted by molar-refractivity contribution is -0.120. The number of carbonyl (C=O) groups is 1. The van der Waals surface area contributed by atoms with Crippen molar-refractivity contribution in [3.8, 4) is 5.75 Å². The van der Waals surface area contributed by atoms with Crippen LogP contribution < -0.4 is 15.8 Å². The van der Waals surface area contributed by atoms with E-state index in [9.17, 15) is 4.79 Å². The van der Waals surface area contributed by atoms with Crippen molar-refractivity contribution < 1.29 is 9.53 Å². The number of nitrogens with one attached hydrogen (secondary N) is 2. The highest BCUT2D eigenvalue weighted by atomic mass is 35.5. The van der Waals surface area contributed by atoms with Gasteiger partial charge in [0.2, 0.25) is 5.91 Å². The van der Waals surface area contributed by atoms with E-state index in [2.05, 4.69) is 15.5 Å². The molecule has 1 unspecified atom stereocenters. The molecule has 1 aliphatic rings. The number of anilines is 2. The first kappa shape index (κ1) is 16.2. The zero-order chi connectivity index (χ0) is 14.8. The largest absolute Gasteiger partial charge is 0.497 e. The van der Waals surface area contributed by atoms with Crippen LogP contribution in [0.25, 0.3) is 0 Å². The number of halogens is 1. The molecular formula is C15H19ClN4O2. The summed E-state index contributed by atoms with van der Waals surface area (Å²) < 4.78 is 5.15. The monoisotopic (exact) mass is 322 g/mol. The minimum Gasteiger partial charge on any atom is -0.497 e. The molecule has 7 heteroatoms. The van der Waals surface area contributed by atoms with E-state index in [0.29, 0.717) is 23.5 Å². The second-order valence-corrected chi connectivity index (χ2v) is 5.26. The summed E-state index contributed by atoms with van der Waals surface area (Å²) in [5.74, 6) is 0.581. The second-order valence-electron chi connectivity index (χ2n) is 5.26. The molecule has 1 aliphatic carbocycles. The Morgan fingerprint density at radius 2 is 2.32 bits per heavy atom. The highest BCUT2D eigenvalue weighted by molar-refractivity contribution is 5.95. The van der Waals surface area contributed by atoms with Crippen molar-refractivity contribution in [3.05, 3.63) is 35.7 Å². The maximum absolute atomic E-state index is 12.4. The lowest BCUT2D eigenvalue weighted by Gasteiger charge is -2.21. The quantitative estimate of drug-likeness (QED) is 0.755. The van der Waals surface area contributed by atoms with Crippen molar-refractivity contribution in [2.75, 3.05) is 18.2 Å². The van der Waals surface area contributed by atoms with Gasteiger partial charge in [-0.2, -0.15) is 5.10 Å². The molecule has 22 heavy (non-hydrogen) atoms. The molecule has 1 amide bonds. The van der Waals surface area contributed by atoms with Gasteiger partial charge in [-0.1, -0.05) is 0 Å². The van der Waals surface area contributed by atoms with Gasteiger partial charge in [0.15, 0.2) is 0 Å². The van der Waals surface area contributed by atoms with Gasteiger partial charge >= 0.3 is 0 Å². The maximum Gasteiger partial charge on any atom is 0.227 e. The van der Waals surface area contributed by atoms with Crippen LogP contribution in [0.3, 0.4) is 0 Å². The van der Waals surface area contributed by atoms with Gasteiger partial charge in [0.1, 0.15) is 5.75 Å². The van der Waals surface area contributed by atoms with Crippen molar-refractivity contribution in [1.82, 2.24) is 10.2 Å². The van der Waals surface area contributed by atoms with E-state index < -0.39 is 0 Å². The summed E-state index contributed by atoms with van der Waals surface area (Å²) in [6.45, 7) is 0. The van der Waals surface area contributed by atoms with Gasteiger partial charge in [0.05, 0.1) is 24.7 Å². The number of aryl methyl sites for hydroxylation is 1. The second kappa shape index (κ2) is 6.70. The van der Waals surface area contributed by atoms with Gasteiger partial charge in [-0.3, -0.25) is 9.89 Å². The third kappa shape index (κ3) is 3.17. The van der Waals surface area contributed by atoms with E-state index in [1.54, 1.807) is 25.3 Å². The Morgan fingerprint density at radius 1 is 1.50 bits per heavy atom. The van der Waals surface area contributed by atoms with E-state index in [4.69, 9.17) is 10.5 Å². The summed E-state index contributed by atoms with van der Waals surface area (Å²) in [6.07, 6.45) is 4.22. The minimum atomic E-state index is -0.0662. The molecule has 4 N–H and O–H groups in total. The number of aromatic nitrogens is 2. The number of nitrogen functional groups attached to an aromatic ring is 1. The zero-order valence-electron chi connectivity index (χ0n) is 12.3. The first-order chi connectivity index (χ1) is 10.2. The first-order valence-corrected chi connectivity index (χ1v) is 6.93. The van der Waals surface area contributed by atoms with Crippen LogP contribution in [0.1, 0.15) is 17.7 Å². The molecule has 2 aromatic rings. The number of hydrogen-bond acceptors (Lipinski definition) is 4. The Hall–Kier alpha value is -2.21. The molecule has 6 nitrogen and oxygen atoms in total. The third-order valence-corrected chi connectivity index (χ3v) is 3.91. The van der Waals surface area contributed by atoms with E-state index in [1.807, 2.05) is 6.20 Å². The molecule has 118 valence electrons.